The quantitative estimate of drug-likeness (QED) is 0.444. The highest BCUT2D eigenvalue weighted by molar-refractivity contribution is 9.10. The fourth-order valence-electron chi connectivity index (χ4n) is 2.15. The van der Waals surface area contributed by atoms with E-state index in [9.17, 15) is 0 Å². The SMILES string of the molecule is Cn1c2nccnc2n2c(Br)c3nccnc3[n+]12. The van der Waals surface area contributed by atoms with Crippen molar-refractivity contribution in [3.8, 4) is 0 Å². The molecule has 0 spiro atoms. The van der Waals surface area contributed by atoms with Gasteiger partial charge in [-0.3, -0.25) is 0 Å². The summed E-state index contributed by atoms with van der Waals surface area (Å²) in [5.41, 5.74) is 3.09. The number of halogens is 1. The van der Waals surface area contributed by atoms with E-state index in [-0.39, 0.29) is 0 Å². The molecule has 0 bridgehead atoms. The van der Waals surface area contributed by atoms with Gasteiger partial charge in [0, 0.05) is 12.4 Å². The van der Waals surface area contributed by atoms with Crippen LogP contribution in [0.1, 0.15) is 0 Å². The van der Waals surface area contributed by atoms with E-state index in [0.717, 1.165) is 27.1 Å². The summed E-state index contributed by atoms with van der Waals surface area (Å²) >= 11 is 3.55. The Kier molecular flexibility index (Phi) is 1.77. The van der Waals surface area contributed by atoms with Crippen LogP contribution in [0.2, 0.25) is 0 Å². The van der Waals surface area contributed by atoms with Gasteiger partial charge in [-0.1, -0.05) is 0 Å². The average molecular weight is 305 g/mol. The van der Waals surface area contributed by atoms with Crippen LogP contribution in [0.15, 0.2) is 29.4 Å². The van der Waals surface area contributed by atoms with Crippen molar-refractivity contribution in [3.63, 3.8) is 0 Å². The van der Waals surface area contributed by atoms with Gasteiger partial charge < -0.3 is 0 Å². The summed E-state index contributed by atoms with van der Waals surface area (Å²) in [6.07, 6.45) is 6.67. The largest absolute Gasteiger partial charge is 0.395 e. The number of rotatable bonds is 0. The highest BCUT2D eigenvalue weighted by Crippen LogP contribution is 2.20. The summed E-state index contributed by atoms with van der Waals surface area (Å²) in [5, 5.41) is 0. The van der Waals surface area contributed by atoms with Crippen LogP contribution in [0.25, 0.3) is 22.5 Å². The van der Waals surface area contributed by atoms with E-state index in [0.29, 0.717) is 0 Å². The molecule has 4 aromatic heterocycles. The lowest BCUT2D eigenvalue weighted by molar-refractivity contribution is -0.673. The first kappa shape index (κ1) is 9.89. The van der Waals surface area contributed by atoms with E-state index in [4.69, 9.17) is 0 Å². The molecule has 0 saturated heterocycles. The van der Waals surface area contributed by atoms with Crippen molar-refractivity contribution in [2.45, 2.75) is 0 Å². The van der Waals surface area contributed by atoms with Crippen LogP contribution in [0.5, 0.6) is 0 Å². The summed E-state index contributed by atoms with van der Waals surface area (Å²) in [4.78, 5) is 17.4. The number of fused-ring (bicyclic) bond motifs is 5. The summed E-state index contributed by atoms with van der Waals surface area (Å²) in [6.45, 7) is 0. The molecule has 8 heteroatoms. The molecule has 7 nitrogen and oxygen atoms in total. The number of hydrogen-bond donors (Lipinski definition) is 0. The van der Waals surface area contributed by atoms with Crippen LogP contribution in [0.4, 0.5) is 0 Å². The summed E-state index contributed by atoms with van der Waals surface area (Å²) in [5.74, 6) is 0. The normalized spacial score (nSPS) is 11.9. The minimum absolute atomic E-state index is 0.756. The van der Waals surface area contributed by atoms with Gasteiger partial charge in [0.05, 0.1) is 13.2 Å². The molecule has 0 radical (unpaired) electrons. The lowest BCUT2D eigenvalue weighted by Gasteiger charge is -1.88. The minimum atomic E-state index is 0.756. The van der Waals surface area contributed by atoms with Crippen LogP contribution >= 0.6 is 15.9 Å². The van der Waals surface area contributed by atoms with Crippen molar-refractivity contribution in [1.82, 2.24) is 29.1 Å². The van der Waals surface area contributed by atoms with Crippen LogP contribution < -0.4 is 4.63 Å². The Morgan fingerprint density at radius 1 is 1.00 bits per heavy atom. The molecular weight excluding hydrogens is 298 g/mol. The van der Waals surface area contributed by atoms with Gasteiger partial charge in [0.25, 0.3) is 0 Å². The molecule has 0 amide bonds. The topological polar surface area (TPSA) is 65.0 Å². The zero-order valence-corrected chi connectivity index (χ0v) is 10.9. The van der Waals surface area contributed by atoms with Crippen molar-refractivity contribution >= 4 is 38.4 Å². The fraction of sp³-hybridized carbons (Fsp3) is 0.100. The van der Waals surface area contributed by atoms with Gasteiger partial charge in [0.2, 0.25) is 11.3 Å². The van der Waals surface area contributed by atoms with E-state index < -0.39 is 0 Å². The first-order valence-electron chi connectivity index (χ1n) is 5.27. The lowest BCUT2D eigenvalue weighted by Crippen LogP contribution is -2.35. The van der Waals surface area contributed by atoms with Crippen molar-refractivity contribution in [1.29, 1.82) is 0 Å². The molecule has 0 aliphatic heterocycles. The Bertz CT molecular complexity index is 831. The third-order valence-corrected chi connectivity index (χ3v) is 3.60. The van der Waals surface area contributed by atoms with E-state index in [1.54, 1.807) is 24.8 Å². The molecule has 0 unspecified atom stereocenters. The van der Waals surface area contributed by atoms with Gasteiger partial charge in [-0.05, 0) is 25.5 Å². The van der Waals surface area contributed by atoms with Gasteiger partial charge in [-0.2, -0.15) is 4.68 Å². The monoisotopic (exact) mass is 304 g/mol. The van der Waals surface area contributed by atoms with Crippen molar-refractivity contribution < 1.29 is 4.63 Å². The standard InChI is InChI=1S/C10H7BrN7/c1-16-9-10(15-5-4-14-9)17-7(11)6-8(18(16)17)13-3-2-12-6/h2-5H,1H3/q+1. The zero-order chi connectivity index (χ0) is 12.3. The smallest absolute Gasteiger partial charge is 0.242 e. The Labute approximate surface area is 109 Å². The second kappa shape index (κ2) is 3.22. The maximum absolute atomic E-state index is 4.36. The molecule has 88 valence electrons. The predicted molar refractivity (Wildman–Crippen MR) is 65.9 cm³/mol. The van der Waals surface area contributed by atoms with E-state index >= 15 is 0 Å². The minimum Gasteiger partial charge on any atom is -0.242 e. The Hall–Kier alpha value is -2.09. The maximum Gasteiger partial charge on any atom is 0.395 e. The summed E-state index contributed by atoms with van der Waals surface area (Å²) in [6, 6.07) is 0. The highest BCUT2D eigenvalue weighted by Gasteiger charge is 2.26. The van der Waals surface area contributed by atoms with Gasteiger partial charge in [0.15, 0.2) is 16.3 Å². The lowest BCUT2D eigenvalue weighted by atomic mass is 10.5. The van der Waals surface area contributed by atoms with E-state index in [2.05, 4.69) is 35.9 Å². The second-order valence-corrected chi connectivity index (χ2v) is 4.60. The third kappa shape index (κ3) is 1.01. The van der Waals surface area contributed by atoms with Crippen LogP contribution in [0, 0.1) is 0 Å². The van der Waals surface area contributed by atoms with Crippen LogP contribution in [-0.4, -0.2) is 29.1 Å². The van der Waals surface area contributed by atoms with Gasteiger partial charge >= 0.3 is 5.65 Å². The number of aromatic nitrogens is 7. The van der Waals surface area contributed by atoms with Gasteiger partial charge in [-0.25, -0.2) is 15.0 Å². The van der Waals surface area contributed by atoms with Gasteiger partial charge in [-0.15, -0.1) is 4.52 Å². The maximum atomic E-state index is 4.36. The van der Waals surface area contributed by atoms with Gasteiger partial charge in [0.1, 0.15) is 0 Å². The Morgan fingerprint density at radius 3 is 2.50 bits per heavy atom. The molecule has 4 aromatic rings. The first-order valence-corrected chi connectivity index (χ1v) is 6.07. The van der Waals surface area contributed by atoms with Crippen LogP contribution in [-0.2, 0) is 7.05 Å². The van der Waals surface area contributed by atoms with Crippen molar-refractivity contribution in [3.05, 3.63) is 29.4 Å². The third-order valence-electron chi connectivity index (χ3n) is 2.89. The van der Waals surface area contributed by atoms with E-state index in [1.165, 1.54) is 0 Å². The molecular formula is C10H7BrN7+. The molecule has 4 rings (SSSR count). The first-order chi connectivity index (χ1) is 8.79. The molecule has 0 aromatic carbocycles. The van der Waals surface area contributed by atoms with Crippen molar-refractivity contribution in [2.24, 2.45) is 7.05 Å². The number of hydrogen-bond acceptors (Lipinski definition) is 4. The molecule has 0 aliphatic carbocycles. The zero-order valence-electron chi connectivity index (χ0n) is 9.32. The van der Waals surface area contributed by atoms with Crippen molar-refractivity contribution in [2.75, 3.05) is 0 Å². The molecule has 4 heterocycles. The number of nitrogens with zero attached hydrogens (tertiary/aromatic N) is 7. The molecule has 0 saturated carbocycles. The second-order valence-electron chi connectivity index (χ2n) is 3.85. The molecule has 0 N–H and O–H groups in total. The molecule has 18 heavy (non-hydrogen) atoms. The molecule has 0 fully saturated rings. The summed E-state index contributed by atoms with van der Waals surface area (Å²) in [7, 11) is 1.91. The Balaban J connectivity index is 2.44. The summed E-state index contributed by atoms with van der Waals surface area (Å²) < 4.78 is 6.49. The molecule has 0 atom stereocenters. The fourth-order valence-corrected chi connectivity index (χ4v) is 2.75. The predicted octanol–water partition coefficient (Wildman–Crippen LogP) is 0.512. The molecule has 0 aliphatic rings. The van der Waals surface area contributed by atoms with E-state index in [1.807, 2.05) is 20.9 Å². The van der Waals surface area contributed by atoms with Crippen LogP contribution in [0.3, 0.4) is 0 Å². The highest BCUT2D eigenvalue weighted by atomic mass is 79.9. The number of aryl methyl sites for hydroxylation is 1. The average Bonchev–Trinajstić information content (AvgIpc) is 2.87. The Morgan fingerprint density at radius 2 is 1.67 bits per heavy atom.